The number of nitrogens with zero attached hydrogens (tertiary/aromatic N) is 2. The zero-order chi connectivity index (χ0) is 26.9. The minimum absolute atomic E-state index is 0.0918. The van der Waals surface area contributed by atoms with E-state index in [9.17, 15) is 14.7 Å². The highest BCUT2D eigenvalue weighted by atomic mass is 16.5. The van der Waals surface area contributed by atoms with Crippen molar-refractivity contribution in [2.24, 2.45) is 0 Å². The lowest BCUT2D eigenvalue weighted by atomic mass is 9.90. The monoisotopic (exact) mass is 498 g/mol. The van der Waals surface area contributed by atoms with Crippen LogP contribution in [0.4, 0.5) is 0 Å². The molecule has 1 atom stereocenters. The second kappa shape index (κ2) is 10.6. The van der Waals surface area contributed by atoms with E-state index in [2.05, 4.69) is 18.8 Å². The first-order chi connectivity index (χ1) is 17.6. The van der Waals surface area contributed by atoms with Crippen LogP contribution >= 0.6 is 0 Å². The predicted octanol–water partition coefficient (Wildman–Crippen LogP) is 6.27. The van der Waals surface area contributed by atoms with Gasteiger partial charge in [0.05, 0.1) is 18.7 Å². The number of aryl methyl sites for hydroxylation is 1. The SMILES string of the molecule is COc1cc(C)c(/C(O)=C2\C(=O)C(=O)N(Cc3cccnc3)C2c2ccc(C(C)C)cc2)cc1C(C)C. The van der Waals surface area contributed by atoms with Gasteiger partial charge in [0.25, 0.3) is 11.7 Å². The van der Waals surface area contributed by atoms with Crippen molar-refractivity contribution in [2.75, 3.05) is 7.11 Å². The lowest BCUT2D eigenvalue weighted by Gasteiger charge is -2.26. The third-order valence-electron chi connectivity index (χ3n) is 6.99. The first kappa shape index (κ1) is 26.1. The standard InChI is InChI=1S/C31H34N2O4/c1-18(2)22-9-11-23(12-10-22)28-27(30(35)31(36)33(28)17-21-8-7-13-32-16-21)29(34)25-15-24(19(3)4)26(37-6)14-20(25)5/h7-16,18-19,28,34H,17H2,1-6H3/b29-27+. The van der Waals surface area contributed by atoms with Crippen LogP contribution in [-0.2, 0) is 16.1 Å². The Hall–Kier alpha value is -3.93. The molecule has 1 aliphatic heterocycles. The number of aliphatic hydroxyl groups excluding tert-OH is 1. The van der Waals surface area contributed by atoms with Crippen molar-refractivity contribution in [3.8, 4) is 5.75 Å². The van der Waals surface area contributed by atoms with E-state index in [4.69, 9.17) is 4.74 Å². The number of rotatable bonds is 7. The number of pyridine rings is 1. The van der Waals surface area contributed by atoms with E-state index in [0.29, 0.717) is 11.5 Å². The number of likely N-dealkylation sites (tertiary alicyclic amines) is 1. The summed E-state index contributed by atoms with van der Waals surface area (Å²) in [7, 11) is 1.62. The van der Waals surface area contributed by atoms with Gasteiger partial charge in [-0.3, -0.25) is 14.6 Å². The summed E-state index contributed by atoms with van der Waals surface area (Å²) >= 11 is 0. The van der Waals surface area contributed by atoms with Gasteiger partial charge in [-0.2, -0.15) is 0 Å². The maximum absolute atomic E-state index is 13.5. The Morgan fingerprint density at radius 2 is 1.76 bits per heavy atom. The highest BCUT2D eigenvalue weighted by Gasteiger charge is 2.46. The molecule has 1 amide bonds. The average Bonchev–Trinajstić information content (AvgIpc) is 3.13. The molecule has 0 aliphatic carbocycles. The van der Waals surface area contributed by atoms with E-state index in [1.165, 1.54) is 4.90 Å². The highest BCUT2D eigenvalue weighted by molar-refractivity contribution is 6.46. The molecule has 0 spiro atoms. The maximum atomic E-state index is 13.5. The number of aromatic nitrogens is 1. The fourth-order valence-electron chi connectivity index (χ4n) is 4.87. The lowest BCUT2D eigenvalue weighted by molar-refractivity contribution is -0.140. The number of aliphatic hydroxyl groups is 1. The summed E-state index contributed by atoms with van der Waals surface area (Å²) in [6, 6.07) is 14.6. The fourth-order valence-corrected chi connectivity index (χ4v) is 4.87. The smallest absolute Gasteiger partial charge is 0.295 e. The molecule has 4 rings (SSSR count). The normalized spacial score (nSPS) is 17.2. The molecule has 2 aromatic carbocycles. The van der Waals surface area contributed by atoms with Gasteiger partial charge in [0.15, 0.2) is 0 Å². The topological polar surface area (TPSA) is 79.7 Å². The quantitative estimate of drug-likeness (QED) is 0.236. The molecule has 6 heteroatoms. The van der Waals surface area contributed by atoms with Crippen molar-refractivity contribution in [3.63, 3.8) is 0 Å². The van der Waals surface area contributed by atoms with E-state index in [0.717, 1.165) is 33.6 Å². The van der Waals surface area contributed by atoms with Crippen LogP contribution in [0.25, 0.3) is 5.76 Å². The number of hydrogen-bond acceptors (Lipinski definition) is 5. The molecule has 1 unspecified atom stereocenters. The fraction of sp³-hybridized carbons (Fsp3) is 0.323. The first-order valence-electron chi connectivity index (χ1n) is 12.6. The molecule has 192 valence electrons. The van der Waals surface area contributed by atoms with Crippen LogP contribution in [0.5, 0.6) is 5.75 Å². The van der Waals surface area contributed by atoms with Crippen LogP contribution < -0.4 is 4.74 Å². The van der Waals surface area contributed by atoms with Crippen molar-refractivity contribution < 1.29 is 19.4 Å². The Kier molecular flexibility index (Phi) is 7.48. The summed E-state index contributed by atoms with van der Waals surface area (Å²) in [5.41, 5.74) is 5.01. The maximum Gasteiger partial charge on any atom is 0.295 e. The van der Waals surface area contributed by atoms with E-state index < -0.39 is 17.7 Å². The van der Waals surface area contributed by atoms with Gasteiger partial charge in [-0.15, -0.1) is 0 Å². The molecule has 6 nitrogen and oxygen atoms in total. The molecular weight excluding hydrogens is 464 g/mol. The number of ether oxygens (including phenoxy) is 1. The molecule has 0 radical (unpaired) electrons. The summed E-state index contributed by atoms with van der Waals surface area (Å²) in [6.45, 7) is 10.4. The molecule has 0 saturated carbocycles. The van der Waals surface area contributed by atoms with Crippen LogP contribution in [0, 0.1) is 6.92 Å². The molecule has 0 bridgehead atoms. The summed E-state index contributed by atoms with van der Waals surface area (Å²) in [6.07, 6.45) is 3.35. The molecule has 2 heterocycles. The van der Waals surface area contributed by atoms with E-state index in [1.807, 2.05) is 63.2 Å². The number of amides is 1. The molecule has 1 aromatic heterocycles. The van der Waals surface area contributed by atoms with Crippen LogP contribution in [0.3, 0.4) is 0 Å². The number of hydrogen-bond donors (Lipinski definition) is 1. The third-order valence-corrected chi connectivity index (χ3v) is 6.99. The van der Waals surface area contributed by atoms with Gasteiger partial charge in [0.1, 0.15) is 11.5 Å². The van der Waals surface area contributed by atoms with Crippen LogP contribution in [0.1, 0.15) is 79.0 Å². The molecule has 1 saturated heterocycles. The Labute approximate surface area is 218 Å². The molecule has 1 N–H and O–H groups in total. The van der Waals surface area contributed by atoms with Gasteiger partial charge in [-0.1, -0.05) is 58.0 Å². The Balaban J connectivity index is 1.91. The Morgan fingerprint density at radius 3 is 2.32 bits per heavy atom. The van der Waals surface area contributed by atoms with Crippen LogP contribution in [0.2, 0.25) is 0 Å². The Morgan fingerprint density at radius 1 is 1.05 bits per heavy atom. The number of carbonyl (C=O) groups excluding carboxylic acids is 2. The largest absolute Gasteiger partial charge is 0.507 e. The van der Waals surface area contributed by atoms with E-state index in [-0.39, 0.29) is 23.8 Å². The molecule has 3 aromatic rings. The molecule has 37 heavy (non-hydrogen) atoms. The zero-order valence-electron chi connectivity index (χ0n) is 22.3. The minimum atomic E-state index is -0.731. The average molecular weight is 499 g/mol. The Bertz CT molecular complexity index is 1340. The van der Waals surface area contributed by atoms with E-state index in [1.54, 1.807) is 25.6 Å². The van der Waals surface area contributed by atoms with E-state index >= 15 is 0 Å². The van der Waals surface area contributed by atoms with Gasteiger partial charge >= 0.3 is 0 Å². The predicted molar refractivity (Wildman–Crippen MR) is 144 cm³/mol. The van der Waals surface area contributed by atoms with Gasteiger partial charge in [0.2, 0.25) is 0 Å². The van der Waals surface area contributed by atoms with Crippen LogP contribution in [0.15, 0.2) is 66.5 Å². The van der Waals surface area contributed by atoms with Gasteiger partial charge in [-0.25, -0.2) is 0 Å². The molecular formula is C31H34N2O4. The van der Waals surface area contributed by atoms with Gasteiger partial charge in [0, 0.05) is 24.5 Å². The number of ketones is 1. The summed E-state index contributed by atoms with van der Waals surface area (Å²) in [5, 5.41) is 11.6. The number of Topliss-reactive ketones (excluding diaryl/α,β-unsaturated/α-hetero) is 1. The second-order valence-electron chi connectivity index (χ2n) is 10.2. The van der Waals surface area contributed by atoms with Gasteiger partial charge < -0.3 is 14.7 Å². The highest BCUT2D eigenvalue weighted by Crippen LogP contribution is 2.42. The minimum Gasteiger partial charge on any atom is -0.507 e. The van der Waals surface area contributed by atoms with Crippen molar-refractivity contribution in [3.05, 3.63) is 99.9 Å². The molecule has 1 fully saturated rings. The first-order valence-corrected chi connectivity index (χ1v) is 12.6. The lowest BCUT2D eigenvalue weighted by Crippen LogP contribution is -2.29. The molecule has 1 aliphatic rings. The summed E-state index contributed by atoms with van der Waals surface area (Å²) < 4.78 is 5.56. The number of benzene rings is 2. The second-order valence-corrected chi connectivity index (χ2v) is 10.2. The summed E-state index contributed by atoms with van der Waals surface area (Å²) in [5.74, 6) is -0.310. The van der Waals surface area contributed by atoms with Crippen LogP contribution in [-0.4, -0.2) is 33.8 Å². The van der Waals surface area contributed by atoms with Crippen molar-refractivity contribution in [2.45, 2.75) is 59.0 Å². The number of methoxy groups -OCH3 is 1. The van der Waals surface area contributed by atoms with Crippen molar-refractivity contribution >= 4 is 17.4 Å². The van der Waals surface area contributed by atoms with Crippen molar-refractivity contribution in [1.82, 2.24) is 9.88 Å². The number of carbonyl (C=O) groups is 2. The van der Waals surface area contributed by atoms with Gasteiger partial charge in [-0.05, 0) is 64.8 Å². The third kappa shape index (κ3) is 5.01. The zero-order valence-corrected chi connectivity index (χ0v) is 22.3. The summed E-state index contributed by atoms with van der Waals surface area (Å²) in [4.78, 5) is 32.5. The van der Waals surface area contributed by atoms with Crippen molar-refractivity contribution in [1.29, 1.82) is 0 Å².